The monoisotopic (exact) mass is 526 g/mol. The first kappa shape index (κ1) is 26.6. The molecule has 7 heteroatoms. The number of carboxylic acid groups (broad SMARTS) is 1. The van der Waals surface area contributed by atoms with Crippen molar-refractivity contribution in [1.82, 2.24) is 19.7 Å². The van der Waals surface area contributed by atoms with Crippen LogP contribution in [0.2, 0.25) is 0 Å². The third-order valence-corrected chi connectivity index (χ3v) is 7.68. The van der Waals surface area contributed by atoms with Gasteiger partial charge >= 0.3 is 5.97 Å². The SMILES string of the molecule is CCCC=c1[nH]c(-c2ccc(-c3ccc(C4CCC(CC(=O)O)CC4)cc3)cc2F)nc1=CCn1cccn1. The number of unbranched alkanes of at least 4 members (excludes halogenated alkanes) is 1. The summed E-state index contributed by atoms with van der Waals surface area (Å²) in [4.78, 5) is 19.0. The standard InChI is InChI=1S/C32H35FN4O2/c1-2-3-5-29-30(16-19-37-18-4-17-34-37)36-32(35-29)27-15-14-26(21-28(27)33)25-12-10-24(11-13-25)23-8-6-22(7-9-23)20-31(38)39/h4-5,10-18,21-23H,2-3,6-9,19-20H2,1H3,(H,35,36)(H,38,39). The molecule has 0 saturated heterocycles. The lowest BCUT2D eigenvalue weighted by molar-refractivity contribution is -0.138. The second-order valence-electron chi connectivity index (χ2n) is 10.4. The molecule has 2 aromatic carbocycles. The number of halogens is 1. The Bertz CT molecular complexity index is 1520. The second-order valence-corrected chi connectivity index (χ2v) is 10.4. The molecule has 1 fully saturated rings. The predicted molar refractivity (Wildman–Crippen MR) is 152 cm³/mol. The maximum atomic E-state index is 15.4. The lowest BCUT2D eigenvalue weighted by Gasteiger charge is -2.28. The molecule has 2 N–H and O–H groups in total. The minimum atomic E-state index is -0.701. The van der Waals surface area contributed by atoms with Crippen LogP contribution in [-0.2, 0) is 11.3 Å². The zero-order valence-electron chi connectivity index (χ0n) is 22.3. The van der Waals surface area contributed by atoms with Gasteiger partial charge in [0.2, 0.25) is 0 Å². The number of rotatable bonds is 9. The number of carboxylic acids is 1. The number of hydrogen-bond acceptors (Lipinski definition) is 3. The molecule has 202 valence electrons. The van der Waals surface area contributed by atoms with E-state index in [1.165, 1.54) is 5.56 Å². The highest BCUT2D eigenvalue weighted by molar-refractivity contribution is 5.69. The Kier molecular flexibility index (Phi) is 8.35. The number of aromatic amines is 1. The lowest BCUT2D eigenvalue weighted by Crippen LogP contribution is -2.25. The van der Waals surface area contributed by atoms with Gasteiger partial charge in [-0.05, 0) is 84.9 Å². The summed E-state index contributed by atoms with van der Waals surface area (Å²) in [5, 5.41) is 15.0. The Morgan fingerprint density at radius 3 is 2.54 bits per heavy atom. The van der Waals surface area contributed by atoms with E-state index in [2.05, 4.69) is 47.3 Å². The van der Waals surface area contributed by atoms with E-state index in [0.29, 0.717) is 29.8 Å². The van der Waals surface area contributed by atoms with Crippen molar-refractivity contribution in [2.75, 3.05) is 0 Å². The van der Waals surface area contributed by atoms with Crippen molar-refractivity contribution in [3.63, 3.8) is 0 Å². The van der Waals surface area contributed by atoms with Crippen LogP contribution in [0.1, 0.15) is 63.4 Å². The van der Waals surface area contributed by atoms with E-state index in [-0.39, 0.29) is 12.2 Å². The summed E-state index contributed by atoms with van der Waals surface area (Å²) in [6, 6.07) is 15.6. The normalized spacial score (nSPS) is 18.5. The van der Waals surface area contributed by atoms with Crippen LogP contribution in [0.25, 0.3) is 34.7 Å². The summed E-state index contributed by atoms with van der Waals surface area (Å²) in [5.41, 5.74) is 3.50. The molecular formula is C32H35FN4O2. The van der Waals surface area contributed by atoms with Gasteiger partial charge in [0.15, 0.2) is 0 Å². The zero-order chi connectivity index (χ0) is 27.2. The van der Waals surface area contributed by atoms with E-state index in [4.69, 9.17) is 10.1 Å². The Labute approximate surface area is 227 Å². The van der Waals surface area contributed by atoms with Gasteiger partial charge in [0.05, 0.1) is 22.8 Å². The molecule has 0 bridgehead atoms. The number of nitrogens with zero attached hydrogens (tertiary/aromatic N) is 3. The second kappa shape index (κ2) is 12.2. The van der Waals surface area contributed by atoms with E-state index in [1.54, 1.807) is 18.3 Å². The van der Waals surface area contributed by atoms with Gasteiger partial charge in [0.25, 0.3) is 0 Å². The highest BCUT2D eigenvalue weighted by Crippen LogP contribution is 2.37. The number of H-pyrrole nitrogens is 1. The number of carbonyl (C=O) groups is 1. The summed E-state index contributed by atoms with van der Waals surface area (Å²) >= 11 is 0. The van der Waals surface area contributed by atoms with Crippen molar-refractivity contribution in [1.29, 1.82) is 0 Å². The average molecular weight is 527 g/mol. The predicted octanol–water partition coefficient (Wildman–Crippen LogP) is 5.89. The number of imidazole rings is 1. The van der Waals surface area contributed by atoms with E-state index in [1.807, 2.05) is 29.1 Å². The Hall–Kier alpha value is -4.00. The molecule has 0 radical (unpaired) electrons. The molecule has 0 atom stereocenters. The van der Waals surface area contributed by atoms with Crippen LogP contribution in [-0.4, -0.2) is 30.8 Å². The summed E-state index contributed by atoms with van der Waals surface area (Å²) in [6.07, 6.45) is 13.9. The summed E-state index contributed by atoms with van der Waals surface area (Å²) in [6.45, 7) is 2.71. The fourth-order valence-electron chi connectivity index (χ4n) is 5.50. The van der Waals surface area contributed by atoms with Gasteiger partial charge in [0.1, 0.15) is 11.6 Å². The van der Waals surface area contributed by atoms with Crippen LogP contribution in [0.5, 0.6) is 0 Å². The molecular weight excluding hydrogens is 491 g/mol. The minimum absolute atomic E-state index is 0.272. The molecule has 2 heterocycles. The fraction of sp³-hybridized carbons (Fsp3) is 0.344. The fourth-order valence-corrected chi connectivity index (χ4v) is 5.50. The summed E-state index contributed by atoms with van der Waals surface area (Å²) < 4.78 is 17.2. The molecule has 0 aliphatic heterocycles. The molecule has 0 unspecified atom stereocenters. The molecule has 0 amide bonds. The van der Waals surface area contributed by atoms with E-state index >= 15 is 4.39 Å². The van der Waals surface area contributed by atoms with E-state index in [0.717, 1.165) is 60.4 Å². The van der Waals surface area contributed by atoms with Gasteiger partial charge in [-0.2, -0.15) is 5.10 Å². The van der Waals surface area contributed by atoms with Gasteiger partial charge in [-0.25, -0.2) is 9.37 Å². The third-order valence-electron chi connectivity index (χ3n) is 7.68. The van der Waals surface area contributed by atoms with Crippen molar-refractivity contribution in [2.45, 2.75) is 64.3 Å². The largest absolute Gasteiger partial charge is 0.481 e. The van der Waals surface area contributed by atoms with E-state index < -0.39 is 5.97 Å². The third kappa shape index (κ3) is 6.53. The minimum Gasteiger partial charge on any atom is -0.481 e. The van der Waals surface area contributed by atoms with Crippen molar-refractivity contribution in [2.24, 2.45) is 5.92 Å². The van der Waals surface area contributed by atoms with Gasteiger partial charge in [-0.1, -0.05) is 49.8 Å². The topological polar surface area (TPSA) is 83.8 Å². The molecule has 1 saturated carbocycles. The van der Waals surface area contributed by atoms with Crippen molar-refractivity contribution < 1.29 is 14.3 Å². The lowest BCUT2D eigenvalue weighted by atomic mass is 9.77. The molecule has 0 spiro atoms. The van der Waals surface area contributed by atoms with Crippen LogP contribution < -0.4 is 10.7 Å². The molecule has 4 aromatic rings. The molecule has 2 aromatic heterocycles. The van der Waals surface area contributed by atoms with Gasteiger partial charge < -0.3 is 10.1 Å². The number of benzene rings is 2. The van der Waals surface area contributed by atoms with Crippen LogP contribution in [0, 0.1) is 11.7 Å². The van der Waals surface area contributed by atoms with Crippen molar-refractivity contribution in [3.8, 4) is 22.5 Å². The smallest absolute Gasteiger partial charge is 0.303 e. The quantitative estimate of drug-likeness (QED) is 0.285. The first-order valence-electron chi connectivity index (χ1n) is 13.9. The van der Waals surface area contributed by atoms with E-state index in [9.17, 15) is 4.79 Å². The molecule has 6 nitrogen and oxygen atoms in total. The number of nitrogens with one attached hydrogen (secondary N) is 1. The van der Waals surface area contributed by atoms with Gasteiger partial charge in [-0.15, -0.1) is 0 Å². The highest BCUT2D eigenvalue weighted by Gasteiger charge is 2.24. The molecule has 5 rings (SSSR count). The zero-order valence-corrected chi connectivity index (χ0v) is 22.3. The molecule has 1 aliphatic rings. The van der Waals surface area contributed by atoms with Crippen molar-refractivity contribution >= 4 is 18.1 Å². The Morgan fingerprint density at radius 2 is 1.87 bits per heavy atom. The van der Waals surface area contributed by atoms with Crippen LogP contribution in [0.15, 0.2) is 60.9 Å². The average Bonchev–Trinajstić information content (AvgIpc) is 3.61. The Balaban J connectivity index is 1.33. The van der Waals surface area contributed by atoms with Gasteiger partial charge in [-0.3, -0.25) is 9.48 Å². The van der Waals surface area contributed by atoms with Crippen LogP contribution in [0.4, 0.5) is 4.39 Å². The van der Waals surface area contributed by atoms with Crippen LogP contribution >= 0.6 is 0 Å². The van der Waals surface area contributed by atoms with Gasteiger partial charge in [0, 0.05) is 18.8 Å². The first-order chi connectivity index (χ1) is 19.0. The maximum absolute atomic E-state index is 15.4. The molecule has 1 aliphatic carbocycles. The first-order valence-corrected chi connectivity index (χ1v) is 13.9. The highest BCUT2D eigenvalue weighted by atomic mass is 19.1. The number of hydrogen-bond donors (Lipinski definition) is 2. The van der Waals surface area contributed by atoms with Crippen LogP contribution in [0.3, 0.4) is 0 Å². The van der Waals surface area contributed by atoms with Crippen molar-refractivity contribution in [3.05, 3.63) is 83.0 Å². The number of aliphatic carboxylic acids is 1. The summed E-state index contributed by atoms with van der Waals surface area (Å²) in [5.74, 6) is 0.247. The Morgan fingerprint density at radius 1 is 1.10 bits per heavy atom. The maximum Gasteiger partial charge on any atom is 0.303 e. The summed E-state index contributed by atoms with van der Waals surface area (Å²) in [7, 11) is 0. The number of aromatic nitrogens is 4. The molecule has 39 heavy (non-hydrogen) atoms.